The summed E-state index contributed by atoms with van der Waals surface area (Å²) in [4.78, 5) is 0. The molecule has 172 valence electrons. The largest absolute Gasteiger partial charge is 0.450 e. The lowest BCUT2D eigenvalue weighted by Crippen LogP contribution is -2.54. The maximum absolute atomic E-state index is 6.42. The maximum Gasteiger partial charge on any atom is 0.354 e. The normalized spacial score (nSPS) is 32.6. The Morgan fingerprint density at radius 1 is 1.09 bits per heavy atom. The molecule has 3 fully saturated rings. The molecule has 0 bridgehead atoms. The molecular weight excluding hydrogens is 446 g/mol. The van der Waals surface area contributed by atoms with Gasteiger partial charge in [0, 0.05) is 12.2 Å². The Bertz CT molecular complexity index is 1190. The molecule has 3 aromatic rings. The van der Waals surface area contributed by atoms with Gasteiger partial charge in [-0.25, -0.2) is 0 Å². The molecule has 3 aliphatic heterocycles. The third-order valence-corrected chi connectivity index (χ3v) is 6.29. The molecule has 0 spiro atoms. The molecule has 4 heterocycles. The zero-order valence-electron chi connectivity index (χ0n) is 18.1. The molecule has 2 aromatic carbocycles. The lowest BCUT2D eigenvalue weighted by Gasteiger charge is -2.35. The van der Waals surface area contributed by atoms with E-state index in [1.807, 2.05) is 68.4 Å². The van der Waals surface area contributed by atoms with Gasteiger partial charge in [0.1, 0.15) is 17.7 Å². The lowest BCUT2D eigenvalue weighted by atomic mass is 9.99. The first-order valence-corrected chi connectivity index (χ1v) is 11.2. The second-order valence-electron chi connectivity index (χ2n) is 8.76. The van der Waals surface area contributed by atoms with Gasteiger partial charge in [0.25, 0.3) is 5.72 Å². The molecule has 9 nitrogen and oxygen atoms in total. The van der Waals surface area contributed by atoms with Crippen LogP contribution in [0.25, 0.3) is 11.0 Å². The van der Waals surface area contributed by atoms with Gasteiger partial charge in [-0.05, 0) is 31.5 Å². The first-order valence-electron chi connectivity index (χ1n) is 10.8. The zero-order chi connectivity index (χ0) is 22.6. The SMILES string of the molecule is CC1(C)O[C@H]2O[C@H]([C@@]3(n4nnc5ccccc54)COC(=S)O3)[C@H](OCc3ccccc3)[C@H]2O1. The summed E-state index contributed by atoms with van der Waals surface area (Å²) in [5.41, 5.74) is 1.26. The Hall–Kier alpha value is -2.63. The lowest BCUT2D eigenvalue weighted by molar-refractivity contribution is -0.253. The Labute approximate surface area is 195 Å². The molecule has 0 radical (unpaired) electrons. The summed E-state index contributed by atoms with van der Waals surface area (Å²) >= 11 is 5.25. The summed E-state index contributed by atoms with van der Waals surface area (Å²) in [6.45, 7) is 4.14. The van der Waals surface area contributed by atoms with E-state index in [0.29, 0.717) is 12.1 Å². The van der Waals surface area contributed by atoms with Crippen molar-refractivity contribution in [2.45, 2.75) is 56.6 Å². The predicted octanol–water partition coefficient (Wildman–Crippen LogP) is 2.88. The fourth-order valence-corrected chi connectivity index (χ4v) is 4.87. The highest BCUT2D eigenvalue weighted by molar-refractivity contribution is 7.79. The van der Waals surface area contributed by atoms with E-state index in [2.05, 4.69) is 10.3 Å². The second kappa shape index (κ2) is 7.71. The molecule has 0 aliphatic carbocycles. The number of benzene rings is 2. The molecule has 0 unspecified atom stereocenters. The molecule has 0 amide bonds. The van der Waals surface area contributed by atoms with Gasteiger partial charge in [-0.1, -0.05) is 47.7 Å². The van der Waals surface area contributed by atoms with Crippen LogP contribution >= 0.6 is 12.2 Å². The van der Waals surface area contributed by atoms with Crippen molar-refractivity contribution >= 4 is 28.5 Å². The van der Waals surface area contributed by atoms with Gasteiger partial charge < -0.3 is 28.4 Å². The summed E-state index contributed by atoms with van der Waals surface area (Å²) in [7, 11) is 0. The molecule has 33 heavy (non-hydrogen) atoms. The van der Waals surface area contributed by atoms with E-state index in [-0.39, 0.29) is 11.8 Å². The van der Waals surface area contributed by atoms with Gasteiger partial charge in [-0.2, -0.15) is 4.68 Å². The first-order chi connectivity index (χ1) is 16.0. The van der Waals surface area contributed by atoms with E-state index in [1.54, 1.807) is 4.68 Å². The molecule has 0 N–H and O–H groups in total. The van der Waals surface area contributed by atoms with E-state index in [4.69, 9.17) is 40.6 Å². The Kier molecular flexibility index (Phi) is 4.89. The van der Waals surface area contributed by atoms with E-state index in [9.17, 15) is 0 Å². The Morgan fingerprint density at radius 2 is 1.88 bits per heavy atom. The fraction of sp³-hybridized carbons (Fsp3) is 0.435. The number of hydrogen-bond acceptors (Lipinski definition) is 9. The van der Waals surface area contributed by atoms with Crippen LogP contribution in [0.5, 0.6) is 0 Å². The fourth-order valence-electron chi connectivity index (χ4n) is 4.67. The monoisotopic (exact) mass is 469 g/mol. The van der Waals surface area contributed by atoms with Crippen LogP contribution in [0.4, 0.5) is 0 Å². The maximum atomic E-state index is 6.42. The average molecular weight is 470 g/mol. The summed E-state index contributed by atoms with van der Waals surface area (Å²) < 4.78 is 38.5. The van der Waals surface area contributed by atoms with Crippen LogP contribution in [0.2, 0.25) is 0 Å². The van der Waals surface area contributed by atoms with Crippen molar-refractivity contribution in [3.63, 3.8) is 0 Å². The number of aromatic nitrogens is 3. The summed E-state index contributed by atoms with van der Waals surface area (Å²) in [5.74, 6) is -0.801. The van der Waals surface area contributed by atoms with E-state index in [1.165, 1.54) is 0 Å². The topological polar surface area (TPSA) is 86.1 Å². The second-order valence-corrected chi connectivity index (χ2v) is 9.10. The Morgan fingerprint density at radius 3 is 2.67 bits per heavy atom. The highest BCUT2D eigenvalue weighted by atomic mass is 32.1. The van der Waals surface area contributed by atoms with Crippen molar-refractivity contribution in [2.24, 2.45) is 0 Å². The van der Waals surface area contributed by atoms with Gasteiger partial charge >= 0.3 is 5.24 Å². The minimum atomic E-state index is -1.24. The molecule has 6 rings (SSSR count). The van der Waals surface area contributed by atoms with Crippen LogP contribution in [0.1, 0.15) is 19.4 Å². The van der Waals surface area contributed by atoms with Crippen molar-refractivity contribution < 1.29 is 28.4 Å². The van der Waals surface area contributed by atoms with Crippen molar-refractivity contribution in [1.29, 1.82) is 0 Å². The third-order valence-electron chi connectivity index (χ3n) is 6.09. The van der Waals surface area contributed by atoms with E-state index in [0.717, 1.165) is 11.1 Å². The van der Waals surface area contributed by atoms with Gasteiger partial charge in [0.05, 0.1) is 12.1 Å². The van der Waals surface area contributed by atoms with E-state index < -0.39 is 36.1 Å². The van der Waals surface area contributed by atoms with Gasteiger partial charge in [-0.15, -0.1) is 5.10 Å². The van der Waals surface area contributed by atoms with Crippen molar-refractivity contribution in [3.8, 4) is 0 Å². The van der Waals surface area contributed by atoms with Crippen LogP contribution in [0.15, 0.2) is 54.6 Å². The molecular formula is C23H23N3O6S. The molecule has 3 saturated heterocycles. The standard InChI is InChI=1S/C23H23N3O6S/c1-22(2)30-18-17(27-12-14-8-4-3-5-9-14)19(29-20(18)31-22)23(13-28-21(33)32-23)26-16-11-7-6-10-15(16)24-25-26/h3-11,17-20H,12-13H2,1-2H3/t17-,18-,19+,20-,23-/m1/s1. The predicted molar refractivity (Wildman–Crippen MR) is 119 cm³/mol. The average Bonchev–Trinajstić information content (AvgIpc) is 3.54. The number of fused-ring (bicyclic) bond motifs is 2. The number of para-hydroxylation sites is 1. The minimum Gasteiger partial charge on any atom is -0.450 e. The number of ether oxygens (including phenoxy) is 6. The molecule has 3 aliphatic rings. The highest BCUT2D eigenvalue weighted by Crippen LogP contribution is 2.46. The number of thiocarbonyl (C=S) groups is 1. The molecule has 5 atom stereocenters. The summed E-state index contributed by atoms with van der Waals surface area (Å²) in [5, 5.41) is 8.70. The number of hydrogen-bond donors (Lipinski definition) is 0. The van der Waals surface area contributed by atoms with Crippen LogP contribution in [-0.2, 0) is 40.8 Å². The zero-order valence-corrected chi connectivity index (χ0v) is 18.9. The quantitative estimate of drug-likeness (QED) is 0.524. The molecule has 10 heteroatoms. The molecule has 0 saturated carbocycles. The Balaban J connectivity index is 1.40. The molecule has 1 aromatic heterocycles. The van der Waals surface area contributed by atoms with Crippen molar-refractivity contribution in [1.82, 2.24) is 15.0 Å². The first kappa shape index (κ1) is 20.9. The van der Waals surface area contributed by atoms with E-state index >= 15 is 0 Å². The highest BCUT2D eigenvalue weighted by Gasteiger charge is 2.65. The smallest absolute Gasteiger partial charge is 0.354 e. The number of rotatable bonds is 5. The number of nitrogens with zero attached hydrogens (tertiary/aromatic N) is 3. The van der Waals surface area contributed by atoms with Crippen LogP contribution in [-0.4, -0.2) is 57.2 Å². The van der Waals surface area contributed by atoms with Gasteiger partial charge in [0.15, 0.2) is 24.8 Å². The van der Waals surface area contributed by atoms with Crippen LogP contribution in [0, 0.1) is 0 Å². The van der Waals surface area contributed by atoms with Crippen molar-refractivity contribution in [3.05, 3.63) is 60.2 Å². The van der Waals surface area contributed by atoms with Crippen LogP contribution in [0.3, 0.4) is 0 Å². The van der Waals surface area contributed by atoms with Crippen molar-refractivity contribution in [2.75, 3.05) is 6.61 Å². The summed E-state index contributed by atoms with van der Waals surface area (Å²) in [6.07, 6.45) is -2.37. The van der Waals surface area contributed by atoms with Gasteiger partial charge in [0.2, 0.25) is 0 Å². The minimum absolute atomic E-state index is 0.0132. The third kappa shape index (κ3) is 3.49. The van der Waals surface area contributed by atoms with Gasteiger partial charge in [-0.3, -0.25) is 0 Å². The van der Waals surface area contributed by atoms with Crippen LogP contribution < -0.4 is 0 Å². The summed E-state index contributed by atoms with van der Waals surface area (Å²) in [6, 6.07) is 17.5.